The van der Waals surface area contributed by atoms with Gasteiger partial charge in [0.05, 0.1) is 17.5 Å². The number of hydrogen-bond acceptors (Lipinski definition) is 5. The number of hydrogen-bond donors (Lipinski definition) is 0. The van der Waals surface area contributed by atoms with E-state index in [0.29, 0.717) is 5.92 Å². The SMILES string of the molecule is CCC(CC(C)c1cc(N(c2ccccc2)c2ccccc2)cc(N(c2ccccc2)c2ccccc2)c1)c1cc(C)c(-n2ccnc2-c2[c-]cccc2)c(C)c1.Cc1cc(C)c(-n2ccnc2-c2[c-]cccc2)c(C)c1.Cc1cc(C)c(-n2ccnc2-c2[c-]cccc2)c(C)c1.[Ir+3]. The number of aryl methyl sites for hydroxylation is 8. The van der Waals surface area contributed by atoms with Crippen LogP contribution >= 0.6 is 0 Å². The van der Waals surface area contributed by atoms with Crippen molar-refractivity contribution in [2.75, 3.05) is 9.80 Å². The fraction of sp³-hybridized carbons (Fsp3) is 0.157. The molecule has 0 radical (unpaired) electrons. The Balaban J connectivity index is 0.000000191. The largest absolute Gasteiger partial charge is 3.00 e. The number of imidazole rings is 3. The van der Waals surface area contributed by atoms with Gasteiger partial charge in [-0.05, 0) is 191 Å². The van der Waals surface area contributed by atoms with E-state index in [0.717, 1.165) is 81.1 Å². The van der Waals surface area contributed by atoms with Crippen LogP contribution < -0.4 is 9.80 Å². The van der Waals surface area contributed by atoms with Crippen LogP contribution in [0.2, 0.25) is 0 Å². The summed E-state index contributed by atoms with van der Waals surface area (Å²) in [5.41, 5.74) is 26.2. The topological polar surface area (TPSA) is 59.9 Å². The van der Waals surface area contributed by atoms with Crippen molar-refractivity contribution in [2.24, 2.45) is 0 Å². The molecule has 0 bridgehead atoms. The molecule has 0 aliphatic carbocycles. The van der Waals surface area contributed by atoms with Crippen molar-refractivity contribution in [3.8, 4) is 51.2 Å². The van der Waals surface area contributed by atoms with E-state index < -0.39 is 0 Å². The molecule has 0 N–H and O–H groups in total. The van der Waals surface area contributed by atoms with E-state index in [2.05, 4.69) is 309 Å². The number of aromatic nitrogens is 6. The Morgan fingerprint density at radius 1 is 0.347 bits per heavy atom. The third kappa shape index (κ3) is 15.6. The van der Waals surface area contributed by atoms with Crippen LogP contribution in [-0.2, 0) is 20.1 Å². The average Bonchev–Trinajstić information content (AvgIpc) is 1.09. The molecule has 0 aliphatic rings. The van der Waals surface area contributed by atoms with E-state index in [-0.39, 0.29) is 26.0 Å². The minimum absolute atomic E-state index is 0. The number of nitrogens with zero attached hydrogens (tertiary/aromatic N) is 8. The summed E-state index contributed by atoms with van der Waals surface area (Å²) in [4.78, 5) is 18.5. The van der Waals surface area contributed by atoms with Gasteiger partial charge in [-0.15, -0.1) is 108 Å². The molecule has 0 aliphatic heterocycles. The quantitative estimate of drug-likeness (QED) is 0.0850. The van der Waals surface area contributed by atoms with Crippen molar-refractivity contribution in [1.29, 1.82) is 0 Å². The van der Waals surface area contributed by atoms with Gasteiger partial charge in [-0.1, -0.05) is 134 Å². The van der Waals surface area contributed by atoms with E-state index in [1.807, 2.05) is 97.7 Å². The van der Waals surface area contributed by atoms with Crippen LogP contribution in [0.1, 0.15) is 94.2 Å². The number of anilines is 6. The zero-order valence-corrected chi connectivity index (χ0v) is 60.0. The summed E-state index contributed by atoms with van der Waals surface area (Å²) in [5.74, 6) is 3.42. The fourth-order valence-corrected chi connectivity index (χ4v) is 13.8. The van der Waals surface area contributed by atoms with Gasteiger partial charge in [0, 0.05) is 88.4 Å². The predicted molar refractivity (Wildman–Crippen MR) is 403 cm³/mol. The van der Waals surface area contributed by atoms with Crippen molar-refractivity contribution >= 4 is 34.1 Å². The second kappa shape index (κ2) is 31.9. The maximum atomic E-state index is 4.73. The molecule has 14 rings (SSSR count). The molecule has 11 aromatic carbocycles. The predicted octanol–water partition coefficient (Wildman–Crippen LogP) is 23.1. The molecular formula is C89H83IrN8. The van der Waals surface area contributed by atoms with Crippen LogP contribution in [0.5, 0.6) is 0 Å². The van der Waals surface area contributed by atoms with Gasteiger partial charge in [-0.2, -0.15) is 0 Å². The van der Waals surface area contributed by atoms with E-state index in [4.69, 9.17) is 4.98 Å². The maximum Gasteiger partial charge on any atom is 3.00 e. The van der Waals surface area contributed by atoms with Crippen LogP contribution in [0.25, 0.3) is 51.2 Å². The van der Waals surface area contributed by atoms with Crippen molar-refractivity contribution in [2.45, 2.75) is 93.9 Å². The van der Waals surface area contributed by atoms with Gasteiger partial charge in [0.1, 0.15) is 0 Å². The average molecular weight is 1460 g/mol. The van der Waals surface area contributed by atoms with Crippen molar-refractivity contribution < 1.29 is 20.1 Å². The smallest absolute Gasteiger partial charge is 0.340 e. The fourth-order valence-electron chi connectivity index (χ4n) is 13.8. The number of benzene rings is 11. The molecule has 9 heteroatoms. The first-order valence-electron chi connectivity index (χ1n) is 33.6. The molecule has 0 saturated heterocycles. The summed E-state index contributed by atoms with van der Waals surface area (Å²) in [6.45, 7) is 22.0. The first-order valence-corrected chi connectivity index (χ1v) is 33.6. The monoisotopic (exact) mass is 1460 g/mol. The van der Waals surface area contributed by atoms with Gasteiger partial charge >= 0.3 is 20.1 Å². The Kier molecular flexibility index (Phi) is 22.4. The minimum atomic E-state index is 0. The second-order valence-electron chi connectivity index (χ2n) is 25.2. The summed E-state index contributed by atoms with van der Waals surface area (Å²) < 4.78 is 6.51. The van der Waals surface area contributed by atoms with Gasteiger partial charge in [-0.25, -0.2) is 0 Å². The molecular weight excluding hydrogens is 1370 g/mol. The van der Waals surface area contributed by atoms with Crippen molar-refractivity contribution in [3.05, 3.63) is 360 Å². The third-order valence-corrected chi connectivity index (χ3v) is 17.9. The summed E-state index contributed by atoms with van der Waals surface area (Å²) >= 11 is 0. The van der Waals surface area contributed by atoms with E-state index in [1.54, 1.807) is 0 Å². The second-order valence-corrected chi connectivity index (χ2v) is 25.2. The Labute approximate surface area is 593 Å². The Bertz CT molecular complexity index is 4490. The minimum Gasteiger partial charge on any atom is -0.340 e. The molecule has 2 unspecified atom stereocenters. The van der Waals surface area contributed by atoms with Crippen molar-refractivity contribution in [3.63, 3.8) is 0 Å². The Morgan fingerprint density at radius 2 is 0.643 bits per heavy atom. The third-order valence-electron chi connectivity index (χ3n) is 17.9. The van der Waals surface area contributed by atoms with Gasteiger partial charge in [0.25, 0.3) is 0 Å². The summed E-state index contributed by atoms with van der Waals surface area (Å²) in [7, 11) is 0. The molecule has 0 amide bonds. The molecule has 8 nitrogen and oxygen atoms in total. The number of rotatable bonds is 17. The molecule has 3 heterocycles. The molecule has 14 aromatic rings. The van der Waals surface area contributed by atoms with E-state index in [1.165, 1.54) is 72.7 Å². The molecule has 3 aromatic heterocycles. The number of para-hydroxylation sites is 4. The van der Waals surface area contributed by atoms with Crippen LogP contribution in [0.3, 0.4) is 0 Å². The first kappa shape index (κ1) is 68.7. The standard InChI is InChI=1S/C53H49N4.2C18H17N2.Ir/c1-5-42(45-34-40(3)52(41(4)35-45)55-32-31-54-53(55)43-21-11-6-12-22-43)33-39(2)44-36-50(56(46-23-13-7-14-24-46)47-25-15-8-16-26-47)38-51(37-44)57(48-27-17-9-18-28-48)49-29-19-10-20-30-49;2*1-13-11-14(2)17(15(3)12-13)20-10-9-19-18(20)16-7-5-4-6-8-16;/h6-21,23-32,34-39,42H,5,33H2,1-4H3;2*4-7,9-12H,1-3H3;/q3*-1;+3. The summed E-state index contributed by atoms with van der Waals surface area (Å²) in [6.07, 6.45) is 13.7. The Morgan fingerprint density at radius 3 is 0.929 bits per heavy atom. The first-order chi connectivity index (χ1) is 47.3. The maximum absolute atomic E-state index is 4.73. The van der Waals surface area contributed by atoms with E-state index >= 15 is 0 Å². The zero-order chi connectivity index (χ0) is 67.4. The van der Waals surface area contributed by atoms with Crippen LogP contribution in [-0.4, -0.2) is 28.7 Å². The van der Waals surface area contributed by atoms with Crippen molar-refractivity contribution in [1.82, 2.24) is 28.7 Å². The van der Waals surface area contributed by atoms with Gasteiger partial charge in [0.2, 0.25) is 0 Å². The molecule has 0 spiro atoms. The molecule has 0 saturated carbocycles. The molecule has 488 valence electrons. The summed E-state index contributed by atoms with van der Waals surface area (Å²) in [5, 5.41) is 0. The van der Waals surface area contributed by atoms with Gasteiger partial charge in [-0.3, -0.25) is 15.0 Å². The van der Waals surface area contributed by atoms with E-state index in [9.17, 15) is 0 Å². The van der Waals surface area contributed by atoms with Crippen LogP contribution in [0.4, 0.5) is 34.1 Å². The molecule has 98 heavy (non-hydrogen) atoms. The van der Waals surface area contributed by atoms with Crippen LogP contribution in [0.15, 0.2) is 286 Å². The van der Waals surface area contributed by atoms with Gasteiger partial charge < -0.3 is 23.5 Å². The summed E-state index contributed by atoms with van der Waals surface area (Å²) in [6, 6.07) is 97.5. The zero-order valence-electron chi connectivity index (χ0n) is 57.6. The van der Waals surface area contributed by atoms with Gasteiger partial charge in [0.15, 0.2) is 0 Å². The normalized spacial score (nSPS) is 11.5. The Hall–Kier alpha value is -10.7. The molecule has 0 fully saturated rings. The molecule has 2 atom stereocenters. The van der Waals surface area contributed by atoms with Crippen LogP contribution in [0, 0.1) is 73.6 Å².